The van der Waals surface area contributed by atoms with E-state index in [2.05, 4.69) is 5.32 Å². The zero-order valence-corrected chi connectivity index (χ0v) is 10.9. The Morgan fingerprint density at radius 2 is 2.00 bits per heavy atom. The molecule has 4 nitrogen and oxygen atoms in total. The van der Waals surface area contributed by atoms with Gasteiger partial charge < -0.3 is 5.32 Å². The number of benzene rings is 1. The molecule has 1 unspecified atom stereocenters. The molecule has 0 saturated carbocycles. The molecule has 1 amide bonds. The maximum atomic E-state index is 11.7. The second kappa shape index (κ2) is 5.52. The summed E-state index contributed by atoms with van der Waals surface area (Å²) in [5, 5.41) is 2.82. The van der Waals surface area contributed by atoms with Gasteiger partial charge in [0.05, 0.1) is 11.5 Å². The molecule has 1 fully saturated rings. The topological polar surface area (TPSA) is 63.2 Å². The number of nitrogens with one attached hydrogen (secondary N) is 1. The monoisotopic (exact) mass is 267 g/mol. The minimum absolute atomic E-state index is 0.101. The van der Waals surface area contributed by atoms with Crippen LogP contribution in [0.2, 0.25) is 0 Å². The van der Waals surface area contributed by atoms with Crippen LogP contribution in [0.15, 0.2) is 30.3 Å². The molecule has 1 saturated heterocycles. The molecule has 1 atom stereocenters. The van der Waals surface area contributed by atoms with Crippen molar-refractivity contribution < 1.29 is 13.2 Å². The van der Waals surface area contributed by atoms with Gasteiger partial charge in [-0.3, -0.25) is 4.79 Å². The highest BCUT2D eigenvalue weighted by atomic mass is 32.2. The van der Waals surface area contributed by atoms with Crippen molar-refractivity contribution in [3.05, 3.63) is 35.9 Å². The van der Waals surface area contributed by atoms with Crippen molar-refractivity contribution >= 4 is 15.7 Å². The van der Waals surface area contributed by atoms with Crippen molar-refractivity contribution in [2.24, 2.45) is 5.92 Å². The van der Waals surface area contributed by atoms with Crippen LogP contribution in [0.3, 0.4) is 0 Å². The molecule has 18 heavy (non-hydrogen) atoms. The zero-order valence-electron chi connectivity index (χ0n) is 10.1. The molecule has 1 N–H and O–H groups in total. The molecule has 0 spiro atoms. The lowest BCUT2D eigenvalue weighted by Crippen LogP contribution is -2.26. The fraction of sp³-hybridized carbons (Fsp3) is 0.462. The number of carbonyl (C=O) groups excluding carboxylic acids is 1. The molecule has 1 heterocycles. The van der Waals surface area contributed by atoms with Gasteiger partial charge >= 0.3 is 0 Å². The maximum Gasteiger partial charge on any atom is 0.251 e. The molecule has 0 radical (unpaired) electrons. The number of rotatable bonds is 4. The Morgan fingerprint density at radius 3 is 2.61 bits per heavy atom. The van der Waals surface area contributed by atoms with Crippen LogP contribution in [0.25, 0.3) is 0 Å². The molecular formula is C13H17NO3S. The van der Waals surface area contributed by atoms with Crippen LogP contribution in [0.1, 0.15) is 23.2 Å². The summed E-state index contributed by atoms with van der Waals surface area (Å²) in [5.74, 6) is 0.668. The normalized spacial score (nSPS) is 21.7. The third-order valence-corrected chi connectivity index (χ3v) is 5.04. The van der Waals surface area contributed by atoms with Crippen LogP contribution in [-0.2, 0) is 9.84 Å². The minimum Gasteiger partial charge on any atom is -0.352 e. The van der Waals surface area contributed by atoms with Crippen LogP contribution in [0.4, 0.5) is 0 Å². The Balaban J connectivity index is 1.75. The summed E-state index contributed by atoms with van der Waals surface area (Å²) >= 11 is 0. The van der Waals surface area contributed by atoms with Crippen LogP contribution >= 0.6 is 0 Å². The lowest BCUT2D eigenvalue weighted by Gasteiger charge is -2.08. The van der Waals surface area contributed by atoms with E-state index in [9.17, 15) is 13.2 Å². The van der Waals surface area contributed by atoms with Gasteiger partial charge in [0.15, 0.2) is 9.84 Å². The summed E-state index contributed by atoms with van der Waals surface area (Å²) in [6, 6.07) is 9.02. The fourth-order valence-corrected chi connectivity index (χ4v) is 4.09. The molecular weight excluding hydrogens is 250 g/mol. The van der Waals surface area contributed by atoms with Gasteiger partial charge in [-0.2, -0.15) is 0 Å². The van der Waals surface area contributed by atoms with Gasteiger partial charge in [-0.25, -0.2) is 8.42 Å². The summed E-state index contributed by atoms with van der Waals surface area (Å²) in [4.78, 5) is 11.7. The van der Waals surface area contributed by atoms with Crippen LogP contribution in [0, 0.1) is 5.92 Å². The van der Waals surface area contributed by atoms with Crippen LogP contribution in [0.5, 0.6) is 0 Å². The Labute approximate surface area is 107 Å². The summed E-state index contributed by atoms with van der Waals surface area (Å²) in [6.07, 6.45) is 1.46. The van der Waals surface area contributed by atoms with E-state index < -0.39 is 9.84 Å². The van der Waals surface area contributed by atoms with Gasteiger partial charge in [0.2, 0.25) is 0 Å². The van der Waals surface area contributed by atoms with E-state index in [1.54, 1.807) is 12.1 Å². The maximum absolute atomic E-state index is 11.7. The number of amides is 1. The van der Waals surface area contributed by atoms with E-state index in [-0.39, 0.29) is 17.6 Å². The lowest BCUT2D eigenvalue weighted by atomic mass is 10.1. The highest BCUT2D eigenvalue weighted by Crippen LogP contribution is 2.20. The predicted molar refractivity (Wildman–Crippen MR) is 70.2 cm³/mol. The Bertz CT molecular complexity index is 510. The molecule has 0 aliphatic carbocycles. The van der Waals surface area contributed by atoms with Crippen molar-refractivity contribution in [3.8, 4) is 0 Å². The van der Waals surface area contributed by atoms with Crippen LogP contribution < -0.4 is 5.32 Å². The van der Waals surface area contributed by atoms with Crippen molar-refractivity contribution in [2.75, 3.05) is 18.1 Å². The molecule has 2 rings (SSSR count). The minimum atomic E-state index is -2.81. The SMILES string of the molecule is O=C(NCCC1CCS(=O)(=O)C1)c1ccccc1. The first kappa shape index (κ1) is 13.1. The second-order valence-corrected chi connectivity index (χ2v) is 6.91. The Hall–Kier alpha value is -1.36. The van der Waals surface area contributed by atoms with Gasteiger partial charge in [0.1, 0.15) is 0 Å². The van der Waals surface area contributed by atoms with Crippen LogP contribution in [-0.4, -0.2) is 32.4 Å². The summed E-state index contributed by atoms with van der Waals surface area (Å²) in [6.45, 7) is 0.536. The van der Waals surface area contributed by atoms with Gasteiger partial charge in [-0.05, 0) is 30.9 Å². The third kappa shape index (κ3) is 3.57. The molecule has 98 valence electrons. The summed E-state index contributed by atoms with van der Waals surface area (Å²) < 4.78 is 22.5. The van der Waals surface area contributed by atoms with Gasteiger partial charge in [0, 0.05) is 12.1 Å². The molecule has 1 aliphatic rings. The van der Waals surface area contributed by atoms with E-state index in [1.807, 2.05) is 18.2 Å². The Morgan fingerprint density at radius 1 is 1.28 bits per heavy atom. The highest BCUT2D eigenvalue weighted by molar-refractivity contribution is 7.91. The third-order valence-electron chi connectivity index (χ3n) is 3.20. The predicted octanol–water partition coefficient (Wildman–Crippen LogP) is 1.24. The number of hydrogen-bond donors (Lipinski definition) is 1. The van der Waals surface area contributed by atoms with E-state index in [0.29, 0.717) is 17.9 Å². The first-order valence-electron chi connectivity index (χ1n) is 6.10. The number of hydrogen-bond acceptors (Lipinski definition) is 3. The lowest BCUT2D eigenvalue weighted by molar-refractivity contribution is 0.0952. The molecule has 0 aromatic heterocycles. The molecule has 1 aliphatic heterocycles. The second-order valence-electron chi connectivity index (χ2n) is 4.68. The smallest absolute Gasteiger partial charge is 0.251 e. The van der Waals surface area contributed by atoms with Crippen molar-refractivity contribution in [1.29, 1.82) is 0 Å². The Kier molecular flexibility index (Phi) is 4.01. The van der Waals surface area contributed by atoms with E-state index in [0.717, 1.165) is 12.8 Å². The van der Waals surface area contributed by atoms with Gasteiger partial charge in [-0.15, -0.1) is 0 Å². The van der Waals surface area contributed by atoms with Crippen molar-refractivity contribution in [2.45, 2.75) is 12.8 Å². The molecule has 1 aromatic carbocycles. The van der Waals surface area contributed by atoms with E-state index in [4.69, 9.17) is 0 Å². The fourth-order valence-electron chi connectivity index (χ4n) is 2.18. The first-order chi connectivity index (χ1) is 8.57. The molecule has 1 aromatic rings. The summed E-state index contributed by atoms with van der Waals surface area (Å²) in [5.41, 5.74) is 0.636. The number of carbonyl (C=O) groups is 1. The highest BCUT2D eigenvalue weighted by Gasteiger charge is 2.27. The van der Waals surface area contributed by atoms with Gasteiger partial charge in [0.25, 0.3) is 5.91 Å². The zero-order chi connectivity index (χ0) is 13.0. The molecule has 5 heteroatoms. The first-order valence-corrected chi connectivity index (χ1v) is 7.93. The van der Waals surface area contributed by atoms with E-state index in [1.165, 1.54) is 0 Å². The average Bonchev–Trinajstić information content (AvgIpc) is 2.70. The number of sulfone groups is 1. The average molecular weight is 267 g/mol. The largest absolute Gasteiger partial charge is 0.352 e. The standard InChI is InChI=1S/C13H17NO3S/c15-13(12-4-2-1-3-5-12)14-8-6-11-7-9-18(16,17)10-11/h1-5,11H,6-10H2,(H,14,15). The van der Waals surface area contributed by atoms with Crippen molar-refractivity contribution in [1.82, 2.24) is 5.32 Å². The van der Waals surface area contributed by atoms with E-state index >= 15 is 0 Å². The quantitative estimate of drug-likeness (QED) is 0.892. The van der Waals surface area contributed by atoms with Gasteiger partial charge in [-0.1, -0.05) is 18.2 Å². The summed E-state index contributed by atoms with van der Waals surface area (Å²) in [7, 11) is -2.81. The van der Waals surface area contributed by atoms with Crippen molar-refractivity contribution in [3.63, 3.8) is 0 Å². The molecule has 0 bridgehead atoms.